The maximum atomic E-state index is 10.00. The monoisotopic (exact) mass is 294 g/mol. The van der Waals surface area contributed by atoms with E-state index in [1.165, 1.54) is 11.6 Å². The molecule has 2 atom stereocenters. The van der Waals surface area contributed by atoms with Crippen LogP contribution < -0.4 is 0 Å². The van der Waals surface area contributed by atoms with E-state index in [4.69, 9.17) is 4.74 Å². The Morgan fingerprint density at radius 3 is 2.14 bits per heavy atom. The molecule has 0 aromatic heterocycles. The predicted octanol–water partition coefficient (Wildman–Crippen LogP) is 3.92. The van der Waals surface area contributed by atoms with Gasteiger partial charge < -0.3 is 9.84 Å². The minimum Gasteiger partial charge on any atom is -0.386 e. The molecule has 0 radical (unpaired) electrons. The van der Waals surface area contributed by atoms with Gasteiger partial charge in [-0.15, -0.1) is 6.58 Å². The Morgan fingerprint density at radius 2 is 1.55 bits per heavy atom. The summed E-state index contributed by atoms with van der Waals surface area (Å²) in [5.74, 6) is 0. The van der Waals surface area contributed by atoms with Crippen LogP contribution in [0.5, 0.6) is 0 Å². The van der Waals surface area contributed by atoms with Crippen LogP contribution in [-0.2, 0) is 17.8 Å². The van der Waals surface area contributed by atoms with E-state index >= 15 is 0 Å². The Kier molecular flexibility index (Phi) is 6.62. The average molecular weight is 294 g/mol. The SMILES string of the molecule is C=C[C@H](O)[C@@H](/C=C\Cc1ccccc1)OCc1ccccc1. The van der Waals surface area contributed by atoms with Gasteiger partial charge in [-0.3, -0.25) is 0 Å². The van der Waals surface area contributed by atoms with Gasteiger partial charge in [0.15, 0.2) is 0 Å². The maximum Gasteiger partial charge on any atom is 0.105 e. The number of hydrogen-bond donors (Lipinski definition) is 1. The summed E-state index contributed by atoms with van der Waals surface area (Å²) in [5.41, 5.74) is 2.31. The van der Waals surface area contributed by atoms with Crippen molar-refractivity contribution >= 4 is 0 Å². The molecule has 0 heterocycles. The standard InChI is InChI=1S/C20H22O2/c1-2-19(21)20(22-16-18-12-7-4-8-13-18)15-9-14-17-10-5-3-6-11-17/h2-13,15,19-21H,1,14,16H2/b15-9-/t19-,20+/m0/s1. The lowest BCUT2D eigenvalue weighted by molar-refractivity contribution is 0.00195. The number of aliphatic hydroxyl groups excluding tert-OH is 1. The van der Waals surface area contributed by atoms with E-state index in [2.05, 4.69) is 18.7 Å². The molecule has 0 amide bonds. The van der Waals surface area contributed by atoms with Gasteiger partial charge in [-0.05, 0) is 17.5 Å². The molecule has 0 aliphatic heterocycles. The van der Waals surface area contributed by atoms with Gasteiger partial charge in [0.05, 0.1) is 6.61 Å². The molecular weight excluding hydrogens is 272 g/mol. The largest absolute Gasteiger partial charge is 0.386 e. The molecule has 2 nitrogen and oxygen atoms in total. The van der Waals surface area contributed by atoms with E-state index in [1.54, 1.807) is 0 Å². The van der Waals surface area contributed by atoms with Gasteiger partial charge in [0, 0.05) is 0 Å². The van der Waals surface area contributed by atoms with Gasteiger partial charge in [0.2, 0.25) is 0 Å². The second kappa shape index (κ2) is 8.98. The summed E-state index contributed by atoms with van der Waals surface area (Å²) in [4.78, 5) is 0. The zero-order chi connectivity index (χ0) is 15.6. The average Bonchev–Trinajstić information content (AvgIpc) is 2.59. The predicted molar refractivity (Wildman–Crippen MR) is 90.5 cm³/mol. The van der Waals surface area contributed by atoms with E-state index in [1.807, 2.05) is 60.7 Å². The fraction of sp³-hybridized carbons (Fsp3) is 0.200. The fourth-order valence-corrected chi connectivity index (χ4v) is 2.12. The Balaban J connectivity index is 1.92. The Bertz CT molecular complexity index is 575. The van der Waals surface area contributed by atoms with Crippen molar-refractivity contribution in [1.82, 2.24) is 0 Å². The molecule has 0 bridgehead atoms. The highest BCUT2D eigenvalue weighted by atomic mass is 16.5. The zero-order valence-corrected chi connectivity index (χ0v) is 12.6. The van der Waals surface area contributed by atoms with Crippen molar-refractivity contribution in [2.75, 3.05) is 0 Å². The van der Waals surface area contributed by atoms with Crippen LogP contribution in [0.15, 0.2) is 85.5 Å². The minimum absolute atomic E-state index is 0.388. The molecule has 0 unspecified atom stereocenters. The summed E-state index contributed by atoms with van der Waals surface area (Å²) in [6.07, 6.45) is 5.15. The Morgan fingerprint density at radius 1 is 0.955 bits per heavy atom. The Labute approximate surface area is 132 Å². The van der Waals surface area contributed by atoms with Crippen molar-refractivity contribution in [2.45, 2.75) is 25.2 Å². The van der Waals surface area contributed by atoms with E-state index in [0.29, 0.717) is 6.61 Å². The highest BCUT2D eigenvalue weighted by Crippen LogP contribution is 2.10. The molecule has 0 fully saturated rings. The molecule has 2 rings (SSSR count). The van der Waals surface area contributed by atoms with E-state index in [9.17, 15) is 5.11 Å². The van der Waals surface area contributed by atoms with Crippen LogP contribution in [0, 0.1) is 0 Å². The van der Waals surface area contributed by atoms with Crippen molar-refractivity contribution in [3.8, 4) is 0 Å². The summed E-state index contributed by atoms with van der Waals surface area (Å²) in [6.45, 7) is 4.10. The summed E-state index contributed by atoms with van der Waals surface area (Å²) in [5, 5.41) is 10.00. The Hall–Kier alpha value is -2.16. The third-order valence-corrected chi connectivity index (χ3v) is 3.39. The van der Waals surface area contributed by atoms with Crippen LogP contribution in [0.4, 0.5) is 0 Å². The van der Waals surface area contributed by atoms with Gasteiger partial charge in [-0.1, -0.05) is 78.9 Å². The summed E-state index contributed by atoms with van der Waals surface area (Å²) >= 11 is 0. The third kappa shape index (κ3) is 5.32. The van der Waals surface area contributed by atoms with Crippen molar-refractivity contribution in [3.63, 3.8) is 0 Å². The van der Waals surface area contributed by atoms with Crippen LogP contribution in [0.1, 0.15) is 11.1 Å². The lowest BCUT2D eigenvalue weighted by atomic mass is 10.1. The van der Waals surface area contributed by atoms with E-state index in [0.717, 1.165) is 12.0 Å². The van der Waals surface area contributed by atoms with Crippen LogP contribution in [0.25, 0.3) is 0 Å². The first kappa shape index (κ1) is 16.2. The van der Waals surface area contributed by atoms with Gasteiger partial charge >= 0.3 is 0 Å². The van der Waals surface area contributed by atoms with Crippen LogP contribution in [0.2, 0.25) is 0 Å². The topological polar surface area (TPSA) is 29.5 Å². The number of benzene rings is 2. The molecule has 2 heteroatoms. The number of rotatable bonds is 8. The molecule has 0 aliphatic rings. The molecule has 0 saturated heterocycles. The lowest BCUT2D eigenvalue weighted by Gasteiger charge is -2.18. The molecule has 0 spiro atoms. The van der Waals surface area contributed by atoms with Crippen LogP contribution in [0.3, 0.4) is 0 Å². The first-order chi connectivity index (χ1) is 10.8. The van der Waals surface area contributed by atoms with Gasteiger partial charge in [0.1, 0.15) is 12.2 Å². The first-order valence-electron chi connectivity index (χ1n) is 7.46. The fourth-order valence-electron chi connectivity index (χ4n) is 2.12. The highest BCUT2D eigenvalue weighted by Gasteiger charge is 2.13. The maximum absolute atomic E-state index is 10.00. The van der Waals surface area contributed by atoms with Gasteiger partial charge in [-0.2, -0.15) is 0 Å². The summed E-state index contributed by atoms with van der Waals surface area (Å²) in [7, 11) is 0. The quantitative estimate of drug-likeness (QED) is 0.748. The molecule has 0 saturated carbocycles. The molecule has 114 valence electrons. The number of ether oxygens (including phenoxy) is 1. The second-order valence-electron chi connectivity index (χ2n) is 5.11. The minimum atomic E-state index is -0.712. The zero-order valence-electron chi connectivity index (χ0n) is 12.6. The third-order valence-electron chi connectivity index (χ3n) is 3.39. The van der Waals surface area contributed by atoms with Crippen molar-refractivity contribution in [2.24, 2.45) is 0 Å². The number of aliphatic hydroxyl groups is 1. The van der Waals surface area contributed by atoms with Gasteiger partial charge in [0.25, 0.3) is 0 Å². The summed E-state index contributed by atoms with van der Waals surface area (Å²) < 4.78 is 5.81. The van der Waals surface area contributed by atoms with Crippen LogP contribution >= 0.6 is 0 Å². The molecule has 1 N–H and O–H groups in total. The number of hydrogen-bond acceptors (Lipinski definition) is 2. The second-order valence-corrected chi connectivity index (χ2v) is 5.11. The summed E-state index contributed by atoms with van der Waals surface area (Å²) in [6, 6.07) is 20.1. The van der Waals surface area contributed by atoms with Crippen molar-refractivity contribution in [1.29, 1.82) is 0 Å². The number of allylic oxidation sites excluding steroid dienone is 1. The molecule has 0 aliphatic carbocycles. The molecular formula is C20H22O2. The van der Waals surface area contributed by atoms with Gasteiger partial charge in [-0.25, -0.2) is 0 Å². The van der Waals surface area contributed by atoms with Crippen molar-refractivity contribution in [3.05, 3.63) is 96.6 Å². The van der Waals surface area contributed by atoms with Crippen LogP contribution in [-0.4, -0.2) is 17.3 Å². The van der Waals surface area contributed by atoms with E-state index < -0.39 is 6.10 Å². The molecule has 22 heavy (non-hydrogen) atoms. The highest BCUT2D eigenvalue weighted by molar-refractivity contribution is 5.18. The van der Waals surface area contributed by atoms with E-state index in [-0.39, 0.29) is 6.10 Å². The first-order valence-corrected chi connectivity index (χ1v) is 7.46. The smallest absolute Gasteiger partial charge is 0.105 e. The molecule has 2 aromatic carbocycles. The lowest BCUT2D eigenvalue weighted by Crippen LogP contribution is -2.25. The normalized spacial score (nSPS) is 13.9. The van der Waals surface area contributed by atoms with Crippen molar-refractivity contribution < 1.29 is 9.84 Å². The molecule has 2 aromatic rings.